The molecule has 3 aromatic rings. The van der Waals surface area contributed by atoms with Crippen molar-refractivity contribution in [3.8, 4) is 5.75 Å². The lowest BCUT2D eigenvalue weighted by molar-refractivity contribution is -0.384. The van der Waals surface area contributed by atoms with Crippen LogP contribution in [0.25, 0.3) is 11.0 Å². The van der Waals surface area contributed by atoms with Gasteiger partial charge in [0.15, 0.2) is 6.61 Å². The highest BCUT2D eigenvalue weighted by Gasteiger charge is 2.11. The van der Waals surface area contributed by atoms with Gasteiger partial charge in [-0.1, -0.05) is 12.1 Å². The Morgan fingerprint density at radius 2 is 1.93 bits per heavy atom. The number of carbonyl (C=O) groups is 1. The number of rotatable bonds is 9. The summed E-state index contributed by atoms with van der Waals surface area (Å²) < 4.78 is 10.6. The molecule has 1 aromatic heterocycles. The van der Waals surface area contributed by atoms with Crippen LogP contribution >= 0.6 is 0 Å². The molecule has 0 saturated carbocycles. The third-order valence-electron chi connectivity index (χ3n) is 4.47. The third-order valence-corrected chi connectivity index (χ3v) is 4.47. The Labute approximate surface area is 172 Å². The van der Waals surface area contributed by atoms with Gasteiger partial charge in [0.1, 0.15) is 11.3 Å². The van der Waals surface area contributed by atoms with Gasteiger partial charge in [0.2, 0.25) is 0 Å². The molecule has 0 bridgehead atoms. The molecule has 1 heterocycles. The average Bonchev–Trinajstić information content (AvgIpc) is 2.74. The van der Waals surface area contributed by atoms with Gasteiger partial charge in [-0.2, -0.15) is 0 Å². The van der Waals surface area contributed by atoms with E-state index in [2.05, 4.69) is 5.32 Å². The number of hydrogen-bond donors (Lipinski definition) is 1. The number of likely N-dealkylation sites (N-methyl/N-ethyl adjacent to an activating group) is 1. The summed E-state index contributed by atoms with van der Waals surface area (Å²) in [5.41, 5.74) is 0.745. The molecule has 0 aliphatic rings. The zero-order valence-electron chi connectivity index (χ0n) is 16.4. The molecule has 1 amide bonds. The fourth-order valence-electron chi connectivity index (χ4n) is 2.84. The van der Waals surface area contributed by atoms with Gasteiger partial charge in [0.05, 0.1) is 10.6 Å². The van der Waals surface area contributed by atoms with E-state index in [1.165, 1.54) is 30.3 Å². The molecular formula is C21H21N3O6. The van der Waals surface area contributed by atoms with Gasteiger partial charge >= 0.3 is 5.63 Å². The highest BCUT2D eigenvalue weighted by atomic mass is 16.6. The number of non-ortho nitro benzene ring substituents is 1. The van der Waals surface area contributed by atoms with Crippen LogP contribution in [0.1, 0.15) is 6.42 Å². The summed E-state index contributed by atoms with van der Waals surface area (Å²) in [6, 6.07) is 14.2. The summed E-state index contributed by atoms with van der Waals surface area (Å²) >= 11 is 0. The van der Waals surface area contributed by atoms with E-state index in [-0.39, 0.29) is 18.2 Å². The number of carbonyl (C=O) groups excluding carboxylic acids is 1. The summed E-state index contributed by atoms with van der Waals surface area (Å²) in [7, 11) is 1.67. The van der Waals surface area contributed by atoms with Crippen molar-refractivity contribution < 1.29 is 18.9 Å². The van der Waals surface area contributed by atoms with Gasteiger partial charge in [-0.3, -0.25) is 14.9 Å². The van der Waals surface area contributed by atoms with E-state index in [9.17, 15) is 19.7 Å². The number of nitrogens with one attached hydrogen (secondary N) is 1. The number of ether oxygens (including phenoxy) is 1. The molecule has 0 saturated heterocycles. The Kier molecular flexibility index (Phi) is 6.63. The number of nitro groups is 1. The van der Waals surface area contributed by atoms with Crippen LogP contribution in [0, 0.1) is 10.1 Å². The van der Waals surface area contributed by atoms with Crippen LogP contribution in [0.3, 0.4) is 0 Å². The van der Waals surface area contributed by atoms with Crippen LogP contribution in [0.2, 0.25) is 0 Å². The van der Waals surface area contributed by atoms with E-state index < -0.39 is 10.5 Å². The Bertz CT molecular complexity index is 1090. The molecule has 30 heavy (non-hydrogen) atoms. The lowest BCUT2D eigenvalue weighted by Gasteiger charge is -2.18. The first-order valence-electron chi connectivity index (χ1n) is 9.32. The maximum absolute atomic E-state index is 12.2. The molecule has 3 rings (SSSR count). The first kappa shape index (κ1) is 20.8. The van der Waals surface area contributed by atoms with E-state index in [1.807, 2.05) is 12.1 Å². The number of nitro benzene ring substituents is 1. The van der Waals surface area contributed by atoms with Crippen LogP contribution < -0.4 is 15.7 Å². The van der Waals surface area contributed by atoms with Gasteiger partial charge in [0, 0.05) is 43.7 Å². The molecule has 0 spiro atoms. The summed E-state index contributed by atoms with van der Waals surface area (Å²) in [6.45, 7) is 0.898. The topological polar surface area (TPSA) is 115 Å². The van der Waals surface area contributed by atoms with Gasteiger partial charge in [0.25, 0.3) is 11.6 Å². The van der Waals surface area contributed by atoms with Crippen molar-refractivity contribution in [3.05, 3.63) is 75.1 Å². The number of anilines is 1. The standard InChI is InChI=1S/C21H21N3O6/c1-23(20(25)14-29-16-9-7-15(8-10-16)24(27)28)12-4-11-22-18-13-21(26)30-19-6-3-2-5-17(18)19/h2-3,5-10,13,22H,4,11-12,14H2,1H3. The van der Waals surface area contributed by atoms with Gasteiger partial charge in [-0.25, -0.2) is 4.79 Å². The molecule has 0 fully saturated rings. The molecule has 9 heteroatoms. The number of hydrogen-bond acceptors (Lipinski definition) is 7. The molecule has 1 N–H and O–H groups in total. The Hall–Kier alpha value is -3.88. The summed E-state index contributed by atoms with van der Waals surface area (Å²) in [4.78, 5) is 35.6. The number of para-hydroxylation sites is 1. The fourth-order valence-corrected chi connectivity index (χ4v) is 2.84. The van der Waals surface area contributed by atoms with Gasteiger partial charge < -0.3 is 19.4 Å². The number of amides is 1. The lowest BCUT2D eigenvalue weighted by atomic mass is 10.2. The van der Waals surface area contributed by atoms with Crippen molar-refractivity contribution in [2.45, 2.75) is 6.42 Å². The fraction of sp³-hybridized carbons (Fsp3) is 0.238. The smallest absolute Gasteiger partial charge is 0.338 e. The summed E-state index contributed by atoms with van der Waals surface area (Å²) in [6.07, 6.45) is 0.661. The molecule has 0 radical (unpaired) electrons. The molecular weight excluding hydrogens is 390 g/mol. The second kappa shape index (κ2) is 9.55. The van der Waals surface area contributed by atoms with Crippen LogP contribution in [0.4, 0.5) is 11.4 Å². The molecule has 0 unspecified atom stereocenters. The van der Waals surface area contributed by atoms with Crippen LogP contribution in [0.15, 0.2) is 63.8 Å². The zero-order valence-corrected chi connectivity index (χ0v) is 16.4. The highest BCUT2D eigenvalue weighted by Crippen LogP contribution is 2.21. The molecule has 9 nitrogen and oxygen atoms in total. The number of benzene rings is 2. The minimum atomic E-state index is -0.498. The van der Waals surface area contributed by atoms with Gasteiger partial charge in [-0.15, -0.1) is 0 Å². The van der Waals surface area contributed by atoms with Crippen molar-refractivity contribution in [1.82, 2.24) is 4.90 Å². The predicted molar refractivity (Wildman–Crippen MR) is 112 cm³/mol. The Morgan fingerprint density at radius 1 is 1.20 bits per heavy atom. The largest absolute Gasteiger partial charge is 0.484 e. The van der Waals surface area contributed by atoms with Crippen molar-refractivity contribution in [1.29, 1.82) is 0 Å². The lowest BCUT2D eigenvalue weighted by Crippen LogP contribution is -2.33. The monoisotopic (exact) mass is 411 g/mol. The van der Waals surface area contributed by atoms with E-state index >= 15 is 0 Å². The summed E-state index contributed by atoms with van der Waals surface area (Å²) in [5, 5.41) is 14.7. The van der Waals surface area contributed by atoms with E-state index in [0.29, 0.717) is 36.5 Å². The van der Waals surface area contributed by atoms with E-state index in [4.69, 9.17) is 9.15 Å². The van der Waals surface area contributed by atoms with E-state index in [0.717, 1.165) is 5.39 Å². The predicted octanol–water partition coefficient (Wildman–Crippen LogP) is 3.04. The molecule has 0 aliphatic carbocycles. The van der Waals surface area contributed by atoms with Gasteiger partial charge in [-0.05, 0) is 30.7 Å². The van der Waals surface area contributed by atoms with Crippen LogP contribution in [-0.4, -0.2) is 42.5 Å². The summed E-state index contributed by atoms with van der Waals surface area (Å²) in [5.74, 6) is 0.179. The molecule has 0 atom stereocenters. The van der Waals surface area contributed by atoms with Crippen molar-refractivity contribution in [2.75, 3.05) is 32.1 Å². The van der Waals surface area contributed by atoms with E-state index in [1.54, 1.807) is 24.1 Å². The van der Waals surface area contributed by atoms with Crippen molar-refractivity contribution >= 4 is 28.3 Å². The Morgan fingerprint density at radius 3 is 2.67 bits per heavy atom. The Balaban J connectivity index is 1.44. The quantitative estimate of drug-likeness (QED) is 0.249. The minimum Gasteiger partial charge on any atom is -0.484 e. The number of nitrogens with zero attached hydrogens (tertiary/aromatic N) is 2. The second-order valence-electron chi connectivity index (χ2n) is 6.61. The molecule has 156 valence electrons. The minimum absolute atomic E-state index is 0.0396. The zero-order chi connectivity index (χ0) is 21.5. The van der Waals surface area contributed by atoms with Crippen LogP contribution in [0.5, 0.6) is 5.75 Å². The average molecular weight is 411 g/mol. The second-order valence-corrected chi connectivity index (χ2v) is 6.61. The molecule has 2 aromatic carbocycles. The maximum atomic E-state index is 12.2. The normalized spacial score (nSPS) is 10.6. The number of fused-ring (bicyclic) bond motifs is 1. The van der Waals surface area contributed by atoms with Crippen molar-refractivity contribution in [3.63, 3.8) is 0 Å². The third kappa shape index (κ3) is 5.34. The highest BCUT2D eigenvalue weighted by molar-refractivity contribution is 5.89. The first-order chi connectivity index (χ1) is 14.4. The SMILES string of the molecule is CN(CCCNc1cc(=O)oc2ccccc12)C(=O)COc1ccc([N+](=O)[O-])cc1. The molecule has 0 aliphatic heterocycles. The van der Waals surface area contributed by atoms with Crippen molar-refractivity contribution in [2.24, 2.45) is 0 Å². The maximum Gasteiger partial charge on any atom is 0.338 e. The van der Waals surface area contributed by atoms with Crippen LogP contribution in [-0.2, 0) is 4.79 Å². The first-order valence-corrected chi connectivity index (χ1v) is 9.32.